The molecule has 0 aromatic carbocycles. The molecule has 2 unspecified atom stereocenters. The summed E-state index contributed by atoms with van der Waals surface area (Å²) in [6.45, 7) is 2.94. The van der Waals surface area contributed by atoms with Crippen LogP contribution in [0, 0.1) is 5.92 Å². The van der Waals surface area contributed by atoms with Crippen molar-refractivity contribution in [3.05, 3.63) is 0 Å². The van der Waals surface area contributed by atoms with Gasteiger partial charge in [-0.1, -0.05) is 13.3 Å². The van der Waals surface area contributed by atoms with Gasteiger partial charge in [-0.2, -0.15) is 0 Å². The van der Waals surface area contributed by atoms with Crippen LogP contribution < -0.4 is 10.6 Å². The monoisotopic (exact) mass is 299 g/mol. The zero-order valence-electron chi connectivity index (χ0n) is 12.7. The Kier molecular flexibility index (Phi) is 6.98. The van der Waals surface area contributed by atoms with E-state index in [4.69, 9.17) is 5.11 Å². The van der Waals surface area contributed by atoms with Gasteiger partial charge in [0.2, 0.25) is 5.91 Å². The molecule has 0 radical (unpaired) electrons. The van der Waals surface area contributed by atoms with Gasteiger partial charge >= 0.3 is 12.0 Å². The smallest absolute Gasteiger partial charge is 0.317 e. The topological polar surface area (TPSA) is 98.7 Å². The summed E-state index contributed by atoms with van der Waals surface area (Å²) >= 11 is 0. The van der Waals surface area contributed by atoms with Gasteiger partial charge in [-0.15, -0.1) is 0 Å². The molecule has 3 N–H and O–H groups in total. The van der Waals surface area contributed by atoms with Crippen LogP contribution in [0.3, 0.4) is 0 Å². The summed E-state index contributed by atoms with van der Waals surface area (Å²) in [5, 5.41) is 14.2. The molecule has 21 heavy (non-hydrogen) atoms. The summed E-state index contributed by atoms with van der Waals surface area (Å²) in [6, 6.07) is -0.635. The Morgan fingerprint density at radius 1 is 1.38 bits per heavy atom. The maximum Gasteiger partial charge on any atom is 0.317 e. The average molecular weight is 299 g/mol. The fraction of sp³-hybridized carbons (Fsp3) is 0.786. The lowest BCUT2D eigenvalue weighted by molar-refractivity contribution is -0.137. The lowest BCUT2D eigenvalue weighted by atomic mass is 9.97. The zero-order valence-corrected chi connectivity index (χ0v) is 12.7. The second-order valence-electron chi connectivity index (χ2n) is 5.43. The summed E-state index contributed by atoms with van der Waals surface area (Å²) in [7, 11) is 1.59. The number of likely N-dealkylation sites (tertiary alicyclic amines) is 1. The third-order valence-electron chi connectivity index (χ3n) is 3.71. The highest BCUT2D eigenvalue weighted by molar-refractivity contribution is 5.81. The van der Waals surface area contributed by atoms with E-state index < -0.39 is 5.97 Å². The number of carbonyl (C=O) groups is 3. The summed E-state index contributed by atoms with van der Waals surface area (Å²) in [5.74, 6) is -1.16. The molecular formula is C14H25N3O4. The van der Waals surface area contributed by atoms with E-state index in [2.05, 4.69) is 10.6 Å². The number of nitrogens with zero attached hydrogens (tertiary/aromatic N) is 1. The molecule has 1 fully saturated rings. The summed E-state index contributed by atoms with van der Waals surface area (Å²) in [6.07, 6.45) is 2.91. The molecule has 0 aliphatic carbocycles. The Morgan fingerprint density at radius 2 is 2.10 bits per heavy atom. The molecule has 2 atom stereocenters. The molecule has 7 heteroatoms. The highest BCUT2D eigenvalue weighted by Crippen LogP contribution is 2.17. The number of carboxylic acids is 1. The van der Waals surface area contributed by atoms with E-state index in [1.807, 2.05) is 6.92 Å². The van der Waals surface area contributed by atoms with Crippen molar-refractivity contribution in [3.63, 3.8) is 0 Å². The average Bonchev–Trinajstić information content (AvgIpc) is 2.46. The summed E-state index contributed by atoms with van der Waals surface area (Å²) in [5.41, 5.74) is 0. The Morgan fingerprint density at radius 3 is 2.67 bits per heavy atom. The number of piperidine rings is 1. The molecule has 1 saturated heterocycles. The van der Waals surface area contributed by atoms with E-state index in [-0.39, 0.29) is 30.3 Å². The zero-order chi connectivity index (χ0) is 15.8. The van der Waals surface area contributed by atoms with Gasteiger partial charge in [0.05, 0.1) is 12.3 Å². The van der Waals surface area contributed by atoms with E-state index >= 15 is 0 Å². The van der Waals surface area contributed by atoms with E-state index in [0.29, 0.717) is 19.5 Å². The highest BCUT2D eigenvalue weighted by Gasteiger charge is 2.28. The minimum Gasteiger partial charge on any atom is -0.481 e. The first kappa shape index (κ1) is 17.3. The van der Waals surface area contributed by atoms with Gasteiger partial charge in [-0.05, 0) is 19.3 Å². The van der Waals surface area contributed by atoms with Gasteiger partial charge in [0.15, 0.2) is 0 Å². The first-order valence-electron chi connectivity index (χ1n) is 7.46. The Balaban J connectivity index is 2.56. The Bertz CT molecular complexity index is 386. The Labute approximate surface area is 125 Å². The van der Waals surface area contributed by atoms with Gasteiger partial charge in [0.1, 0.15) is 0 Å². The van der Waals surface area contributed by atoms with Crippen LogP contribution in [-0.4, -0.2) is 54.1 Å². The number of urea groups is 1. The van der Waals surface area contributed by atoms with Gasteiger partial charge < -0.3 is 20.6 Å². The standard InChI is InChI=1S/C14H25N3O4/c1-3-5-11(8-12(18)19)16-14(21)17-7-4-6-10(9-17)13(20)15-2/h10-11H,3-9H2,1-2H3,(H,15,20)(H,16,21)(H,18,19). The van der Waals surface area contributed by atoms with Crippen molar-refractivity contribution in [1.82, 2.24) is 15.5 Å². The van der Waals surface area contributed by atoms with Crippen LogP contribution in [0.2, 0.25) is 0 Å². The van der Waals surface area contributed by atoms with Crippen molar-refractivity contribution in [2.24, 2.45) is 5.92 Å². The second-order valence-corrected chi connectivity index (χ2v) is 5.43. The molecule has 1 heterocycles. The van der Waals surface area contributed by atoms with Crippen LogP contribution in [0.1, 0.15) is 39.0 Å². The Hall–Kier alpha value is -1.79. The first-order chi connectivity index (χ1) is 9.97. The molecule has 0 aromatic heterocycles. The molecular weight excluding hydrogens is 274 g/mol. The lowest BCUT2D eigenvalue weighted by Gasteiger charge is -2.33. The molecule has 1 aliphatic rings. The molecule has 0 saturated carbocycles. The van der Waals surface area contributed by atoms with Crippen LogP contribution >= 0.6 is 0 Å². The largest absolute Gasteiger partial charge is 0.481 e. The number of nitrogens with one attached hydrogen (secondary N) is 2. The number of hydrogen-bond donors (Lipinski definition) is 3. The molecule has 0 bridgehead atoms. The van der Waals surface area contributed by atoms with Crippen molar-refractivity contribution in [2.45, 2.75) is 45.1 Å². The number of amides is 3. The van der Waals surface area contributed by atoms with E-state index in [1.54, 1.807) is 11.9 Å². The van der Waals surface area contributed by atoms with Crippen LogP contribution in [0.5, 0.6) is 0 Å². The fourth-order valence-electron chi connectivity index (χ4n) is 2.63. The first-order valence-corrected chi connectivity index (χ1v) is 7.46. The fourth-order valence-corrected chi connectivity index (χ4v) is 2.63. The van der Waals surface area contributed by atoms with Crippen LogP contribution in [0.25, 0.3) is 0 Å². The highest BCUT2D eigenvalue weighted by atomic mass is 16.4. The van der Waals surface area contributed by atoms with Crippen LogP contribution in [-0.2, 0) is 9.59 Å². The number of aliphatic carboxylic acids is 1. The van der Waals surface area contributed by atoms with Crippen molar-refractivity contribution in [2.75, 3.05) is 20.1 Å². The molecule has 120 valence electrons. The van der Waals surface area contributed by atoms with Crippen molar-refractivity contribution in [1.29, 1.82) is 0 Å². The van der Waals surface area contributed by atoms with Gasteiger partial charge in [-0.3, -0.25) is 9.59 Å². The van der Waals surface area contributed by atoms with Gasteiger partial charge in [0.25, 0.3) is 0 Å². The third kappa shape index (κ3) is 5.61. The van der Waals surface area contributed by atoms with Gasteiger partial charge in [0, 0.05) is 26.2 Å². The van der Waals surface area contributed by atoms with Crippen LogP contribution in [0.15, 0.2) is 0 Å². The van der Waals surface area contributed by atoms with E-state index in [9.17, 15) is 14.4 Å². The minimum atomic E-state index is -0.921. The molecule has 0 aromatic rings. The molecule has 1 rings (SSSR count). The normalized spacial score (nSPS) is 19.7. The molecule has 7 nitrogen and oxygen atoms in total. The molecule has 0 spiro atoms. The predicted molar refractivity (Wildman–Crippen MR) is 77.8 cm³/mol. The van der Waals surface area contributed by atoms with Crippen LogP contribution in [0.4, 0.5) is 4.79 Å². The number of rotatable bonds is 6. The quantitative estimate of drug-likeness (QED) is 0.675. The predicted octanol–water partition coefficient (Wildman–Crippen LogP) is 0.797. The summed E-state index contributed by atoms with van der Waals surface area (Å²) in [4.78, 5) is 36.3. The minimum absolute atomic E-state index is 0.0526. The van der Waals surface area contributed by atoms with Gasteiger partial charge in [-0.25, -0.2) is 4.79 Å². The van der Waals surface area contributed by atoms with E-state index in [0.717, 1.165) is 19.3 Å². The molecule has 1 aliphatic heterocycles. The number of carbonyl (C=O) groups excluding carboxylic acids is 2. The number of carboxylic acid groups (broad SMARTS) is 1. The van der Waals surface area contributed by atoms with Crippen molar-refractivity contribution >= 4 is 17.9 Å². The van der Waals surface area contributed by atoms with E-state index in [1.165, 1.54) is 0 Å². The maximum absolute atomic E-state index is 12.2. The summed E-state index contributed by atoms with van der Waals surface area (Å²) < 4.78 is 0. The number of hydrogen-bond acceptors (Lipinski definition) is 3. The van der Waals surface area contributed by atoms with Crippen molar-refractivity contribution in [3.8, 4) is 0 Å². The second kappa shape index (κ2) is 8.49. The van der Waals surface area contributed by atoms with Crippen molar-refractivity contribution < 1.29 is 19.5 Å². The lowest BCUT2D eigenvalue weighted by Crippen LogP contribution is -2.51. The SMILES string of the molecule is CCCC(CC(=O)O)NC(=O)N1CCCC(C(=O)NC)C1. The molecule has 3 amide bonds. The maximum atomic E-state index is 12.2. The third-order valence-corrected chi connectivity index (χ3v) is 3.71.